The lowest BCUT2D eigenvalue weighted by atomic mass is 10.2. The Bertz CT molecular complexity index is 940. The Hall–Kier alpha value is -3.07. The van der Waals surface area contributed by atoms with Gasteiger partial charge in [0.15, 0.2) is 0 Å². The van der Waals surface area contributed by atoms with Crippen LogP contribution in [0.5, 0.6) is 0 Å². The van der Waals surface area contributed by atoms with Crippen molar-refractivity contribution in [3.63, 3.8) is 0 Å². The molecule has 1 amide bonds. The average molecular weight is 398 g/mol. The lowest BCUT2D eigenvalue weighted by Crippen LogP contribution is -2.12. The van der Waals surface area contributed by atoms with Crippen LogP contribution in [0.15, 0.2) is 30.3 Å². The van der Waals surface area contributed by atoms with Crippen LogP contribution < -0.4 is 16.0 Å². The van der Waals surface area contributed by atoms with Crippen molar-refractivity contribution < 1.29 is 4.79 Å². The number of amides is 1. The van der Waals surface area contributed by atoms with Gasteiger partial charge < -0.3 is 16.0 Å². The van der Waals surface area contributed by atoms with E-state index in [2.05, 4.69) is 35.5 Å². The molecule has 9 heteroatoms. The quantitative estimate of drug-likeness (QED) is 0.527. The number of aromatic nitrogens is 4. The van der Waals surface area contributed by atoms with Crippen LogP contribution in [-0.2, 0) is 6.42 Å². The van der Waals surface area contributed by atoms with Gasteiger partial charge in [0, 0.05) is 24.0 Å². The number of aryl methyl sites for hydroxylation is 2. The average Bonchev–Trinajstić information content (AvgIpc) is 3.12. The summed E-state index contributed by atoms with van der Waals surface area (Å²) in [5.41, 5.74) is 2.32. The number of nitrogens with zero attached hydrogens (tertiary/aromatic N) is 4. The van der Waals surface area contributed by atoms with Crippen LogP contribution in [0, 0.1) is 6.92 Å². The van der Waals surface area contributed by atoms with E-state index in [1.54, 1.807) is 0 Å². The van der Waals surface area contributed by atoms with Crippen molar-refractivity contribution >= 4 is 40.5 Å². The molecule has 8 nitrogen and oxygen atoms in total. The van der Waals surface area contributed by atoms with Crippen molar-refractivity contribution in [2.75, 3.05) is 22.5 Å². The molecule has 0 atom stereocenters. The zero-order chi connectivity index (χ0) is 19.9. The van der Waals surface area contributed by atoms with Crippen LogP contribution in [0.4, 0.5) is 23.0 Å². The zero-order valence-corrected chi connectivity index (χ0v) is 16.9. The fourth-order valence-electron chi connectivity index (χ4n) is 2.66. The van der Waals surface area contributed by atoms with E-state index in [1.807, 2.05) is 51.1 Å². The SMILES string of the molecule is CCCc1nnsc1C(=O)Nc1ccc(Nc2cc(NCC)nc(C)n2)cc1. The fourth-order valence-corrected chi connectivity index (χ4v) is 3.26. The van der Waals surface area contributed by atoms with E-state index in [0.29, 0.717) is 22.2 Å². The van der Waals surface area contributed by atoms with Gasteiger partial charge in [-0.3, -0.25) is 4.79 Å². The number of hydrogen-bond donors (Lipinski definition) is 3. The molecule has 0 radical (unpaired) electrons. The van der Waals surface area contributed by atoms with E-state index >= 15 is 0 Å². The fraction of sp³-hybridized carbons (Fsp3) is 0.316. The molecular weight excluding hydrogens is 374 g/mol. The Labute approximate surface area is 168 Å². The summed E-state index contributed by atoms with van der Waals surface area (Å²) in [6.07, 6.45) is 1.67. The molecule has 28 heavy (non-hydrogen) atoms. The van der Waals surface area contributed by atoms with Gasteiger partial charge in [0.2, 0.25) is 0 Å². The van der Waals surface area contributed by atoms with Gasteiger partial charge in [-0.15, -0.1) is 5.10 Å². The zero-order valence-electron chi connectivity index (χ0n) is 16.1. The predicted molar refractivity (Wildman–Crippen MR) is 113 cm³/mol. The molecule has 0 saturated heterocycles. The van der Waals surface area contributed by atoms with E-state index in [0.717, 1.165) is 48.1 Å². The summed E-state index contributed by atoms with van der Waals surface area (Å²) in [6, 6.07) is 9.31. The van der Waals surface area contributed by atoms with E-state index in [9.17, 15) is 4.79 Å². The van der Waals surface area contributed by atoms with E-state index < -0.39 is 0 Å². The molecule has 3 N–H and O–H groups in total. The van der Waals surface area contributed by atoms with Crippen LogP contribution in [0.25, 0.3) is 0 Å². The molecule has 0 saturated carbocycles. The first kappa shape index (κ1) is 19.7. The first-order chi connectivity index (χ1) is 13.6. The molecule has 3 aromatic rings. The van der Waals surface area contributed by atoms with Crippen molar-refractivity contribution in [2.45, 2.75) is 33.6 Å². The Morgan fingerprint density at radius 2 is 1.79 bits per heavy atom. The summed E-state index contributed by atoms with van der Waals surface area (Å²) in [5.74, 6) is 1.99. The lowest BCUT2D eigenvalue weighted by molar-refractivity contribution is 0.102. The Balaban J connectivity index is 1.67. The van der Waals surface area contributed by atoms with Crippen molar-refractivity contribution in [3.05, 3.63) is 46.7 Å². The molecule has 2 aromatic heterocycles. The summed E-state index contributed by atoms with van der Waals surface area (Å²) in [7, 11) is 0. The highest BCUT2D eigenvalue weighted by molar-refractivity contribution is 7.08. The number of hydrogen-bond acceptors (Lipinski definition) is 8. The third-order valence-electron chi connectivity index (χ3n) is 3.86. The topological polar surface area (TPSA) is 105 Å². The molecule has 1 aromatic carbocycles. The first-order valence-electron chi connectivity index (χ1n) is 9.18. The second-order valence-electron chi connectivity index (χ2n) is 6.17. The first-order valence-corrected chi connectivity index (χ1v) is 9.95. The van der Waals surface area contributed by atoms with Gasteiger partial charge in [0.1, 0.15) is 22.3 Å². The van der Waals surface area contributed by atoms with Gasteiger partial charge in [-0.2, -0.15) is 0 Å². The maximum atomic E-state index is 12.5. The third-order valence-corrected chi connectivity index (χ3v) is 4.63. The number of anilines is 4. The number of carbonyl (C=O) groups excluding carboxylic acids is 1. The van der Waals surface area contributed by atoms with Crippen molar-refractivity contribution in [1.29, 1.82) is 0 Å². The highest BCUT2D eigenvalue weighted by Crippen LogP contribution is 2.21. The highest BCUT2D eigenvalue weighted by atomic mass is 32.1. The van der Waals surface area contributed by atoms with Crippen molar-refractivity contribution in [2.24, 2.45) is 0 Å². The van der Waals surface area contributed by atoms with Crippen molar-refractivity contribution in [1.82, 2.24) is 19.6 Å². The number of rotatable bonds is 8. The molecule has 0 aliphatic heterocycles. The maximum Gasteiger partial charge on any atom is 0.269 e. The smallest absolute Gasteiger partial charge is 0.269 e. The molecule has 0 aliphatic carbocycles. The Morgan fingerprint density at radius 1 is 1.07 bits per heavy atom. The minimum absolute atomic E-state index is 0.180. The van der Waals surface area contributed by atoms with E-state index in [-0.39, 0.29) is 5.91 Å². The Morgan fingerprint density at radius 3 is 2.50 bits per heavy atom. The second-order valence-corrected chi connectivity index (χ2v) is 6.93. The molecule has 0 unspecified atom stereocenters. The molecule has 3 rings (SSSR count). The van der Waals surface area contributed by atoms with E-state index in [4.69, 9.17) is 0 Å². The standard InChI is InChI=1S/C19H23N7OS/c1-4-6-15-18(28-26-25-15)19(27)24-14-9-7-13(8-10-14)23-17-11-16(20-5-2)21-12(3)22-17/h7-11H,4-6H2,1-3H3,(H,24,27)(H2,20,21,22,23). The summed E-state index contributed by atoms with van der Waals surface area (Å²) < 4.78 is 3.90. The lowest BCUT2D eigenvalue weighted by Gasteiger charge is -2.10. The number of benzene rings is 1. The number of nitrogens with one attached hydrogen (secondary N) is 3. The van der Waals surface area contributed by atoms with Gasteiger partial charge in [0.25, 0.3) is 5.91 Å². The van der Waals surface area contributed by atoms with Gasteiger partial charge in [-0.1, -0.05) is 17.8 Å². The minimum atomic E-state index is -0.180. The van der Waals surface area contributed by atoms with Crippen LogP contribution >= 0.6 is 11.5 Å². The predicted octanol–water partition coefficient (Wildman–Crippen LogP) is 4.02. The van der Waals surface area contributed by atoms with E-state index in [1.165, 1.54) is 0 Å². The van der Waals surface area contributed by atoms with Crippen LogP contribution in [0.3, 0.4) is 0 Å². The largest absolute Gasteiger partial charge is 0.370 e. The van der Waals surface area contributed by atoms with Crippen LogP contribution in [0.1, 0.15) is 41.5 Å². The molecule has 0 bridgehead atoms. The molecule has 0 fully saturated rings. The molecule has 2 heterocycles. The molecule has 146 valence electrons. The van der Waals surface area contributed by atoms with Crippen LogP contribution in [-0.4, -0.2) is 32.0 Å². The second kappa shape index (κ2) is 9.23. The van der Waals surface area contributed by atoms with Crippen molar-refractivity contribution in [3.8, 4) is 0 Å². The minimum Gasteiger partial charge on any atom is -0.370 e. The number of carbonyl (C=O) groups is 1. The monoisotopic (exact) mass is 397 g/mol. The van der Waals surface area contributed by atoms with Gasteiger partial charge >= 0.3 is 0 Å². The summed E-state index contributed by atoms with van der Waals surface area (Å²) in [4.78, 5) is 21.8. The summed E-state index contributed by atoms with van der Waals surface area (Å²) in [6.45, 7) is 6.71. The Kier molecular flexibility index (Phi) is 6.49. The molecular formula is C19H23N7OS. The summed E-state index contributed by atoms with van der Waals surface area (Å²) >= 11 is 1.12. The summed E-state index contributed by atoms with van der Waals surface area (Å²) in [5, 5.41) is 13.4. The third kappa shape index (κ3) is 5.01. The molecule has 0 aliphatic rings. The van der Waals surface area contributed by atoms with Gasteiger partial charge in [-0.05, 0) is 56.1 Å². The van der Waals surface area contributed by atoms with Gasteiger partial charge in [-0.25, -0.2) is 9.97 Å². The maximum absolute atomic E-state index is 12.5. The van der Waals surface area contributed by atoms with Gasteiger partial charge in [0.05, 0.1) is 5.69 Å². The highest BCUT2D eigenvalue weighted by Gasteiger charge is 2.15. The normalized spacial score (nSPS) is 10.5. The molecule has 0 spiro atoms. The van der Waals surface area contributed by atoms with Crippen LogP contribution in [0.2, 0.25) is 0 Å².